The van der Waals surface area contributed by atoms with Crippen molar-refractivity contribution in [2.45, 2.75) is 20.8 Å². The quantitative estimate of drug-likeness (QED) is 0.258. The number of carbonyl (C=O) groups excluding carboxylic acids is 3. The third-order valence-electron chi connectivity index (χ3n) is 2.78. The number of ether oxygens (including phenoxy) is 2. The van der Waals surface area contributed by atoms with Gasteiger partial charge < -0.3 is 14.9 Å². The topological polar surface area (TPSA) is 93.7 Å². The molecule has 0 aliphatic carbocycles. The molecule has 2 N–H and O–H groups in total. The van der Waals surface area contributed by atoms with Crippen LogP contribution in [-0.2, 0) is 19.1 Å². The summed E-state index contributed by atoms with van der Waals surface area (Å²) in [4.78, 5) is 35.4. The highest BCUT2D eigenvalue weighted by Gasteiger charge is 2.21. The Balaban J connectivity index is 2.77. The van der Waals surface area contributed by atoms with Gasteiger partial charge in [0, 0.05) is 11.8 Å². The van der Waals surface area contributed by atoms with Crippen LogP contribution in [0.2, 0.25) is 0 Å². The first-order valence-corrected chi connectivity index (χ1v) is 7.17. The minimum absolute atomic E-state index is 0.116. The molecule has 1 aromatic carbocycles. The molecular weight excluding hydrogens is 300 g/mol. The van der Waals surface area contributed by atoms with E-state index in [1.807, 2.05) is 6.07 Å². The molecule has 7 heteroatoms. The molecule has 1 amide bonds. The Labute approximate surface area is 134 Å². The third kappa shape index (κ3) is 5.46. The van der Waals surface area contributed by atoms with Crippen molar-refractivity contribution in [3.63, 3.8) is 0 Å². The van der Waals surface area contributed by atoms with Crippen LogP contribution in [0.5, 0.6) is 0 Å². The van der Waals surface area contributed by atoms with Gasteiger partial charge in [-0.05, 0) is 32.4 Å². The summed E-state index contributed by atoms with van der Waals surface area (Å²) in [5.74, 6) is -2.06. The highest BCUT2D eigenvalue weighted by molar-refractivity contribution is 6.14. The number of amides is 1. The molecule has 0 saturated heterocycles. The molecule has 1 rings (SSSR count). The van der Waals surface area contributed by atoms with Crippen LogP contribution in [0.4, 0.5) is 0 Å². The lowest BCUT2D eigenvalue weighted by Crippen LogP contribution is -2.35. The van der Waals surface area contributed by atoms with E-state index < -0.39 is 17.8 Å². The summed E-state index contributed by atoms with van der Waals surface area (Å²) in [7, 11) is 0. The van der Waals surface area contributed by atoms with E-state index in [0.29, 0.717) is 5.56 Å². The Morgan fingerprint density at radius 1 is 1.04 bits per heavy atom. The van der Waals surface area contributed by atoms with Gasteiger partial charge in [0.05, 0.1) is 13.2 Å². The van der Waals surface area contributed by atoms with Crippen molar-refractivity contribution >= 4 is 17.8 Å². The molecule has 0 fully saturated rings. The summed E-state index contributed by atoms with van der Waals surface area (Å²) in [6.45, 7) is 5.27. The molecular formula is C16H20N2O5. The van der Waals surface area contributed by atoms with E-state index >= 15 is 0 Å². The van der Waals surface area contributed by atoms with Crippen molar-refractivity contribution in [2.24, 2.45) is 0 Å². The molecule has 0 atom stereocenters. The first kappa shape index (κ1) is 18.2. The molecule has 1 aromatic rings. The summed E-state index contributed by atoms with van der Waals surface area (Å²) in [5, 5.41) is 0. The maximum atomic E-state index is 12.0. The van der Waals surface area contributed by atoms with E-state index in [4.69, 9.17) is 9.47 Å². The van der Waals surface area contributed by atoms with Crippen molar-refractivity contribution < 1.29 is 23.9 Å². The number of carbonyl (C=O) groups is 3. The average molecular weight is 320 g/mol. The number of benzene rings is 1. The van der Waals surface area contributed by atoms with Gasteiger partial charge >= 0.3 is 11.9 Å². The van der Waals surface area contributed by atoms with Gasteiger partial charge in [-0.3, -0.25) is 10.2 Å². The standard InChI is InChI=1S/C16H20N2O5/c1-4-22-15(20)13(16(21)23-5-2)10-17-18-14(19)12-9-7-6-8-11(12)3/h6-10,17H,4-5H2,1-3H3,(H,18,19). The SMILES string of the molecule is CCOC(=O)C(=CNNC(=O)c1ccccc1C)C(=O)OCC. The zero-order chi connectivity index (χ0) is 17.2. The van der Waals surface area contributed by atoms with Crippen LogP contribution >= 0.6 is 0 Å². The van der Waals surface area contributed by atoms with Crippen LogP contribution in [0.3, 0.4) is 0 Å². The smallest absolute Gasteiger partial charge is 0.347 e. The highest BCUT2D eigenvalue weighted by Crippen LogP contribution is 2.06. The predicted octanol–water partition coefficient (Wildman–Crippen LogP) is 1.24. The summed E-state index contributed by atoms with van der Waals surface area (Å²) in [6, 6.07) is 7.01. The Morgan fingerprint density at radius 2 is 1.61 bits per heavy atom. The lowest BCUT2D eigenvalue weighted by Gasteiger charge is -2.09. The van der Waals surface area contributed by atoms with Crippen LogP contribution in [0.1, 0.15) is 29.8 Å². The third-order valence-corrected chi connectivity index (χ3v) is 2.78. The van der Waals surface area contributed by atoms with Gasteiger partial charge in [-0.15, -0.1) is 0 Å². The predicted molar refractivity (Wildman–Crippen MR) is 83.1 cm³/mol. The molecule has 0 aliphatic heterocycles. The van der Waals surface area contributed by atoms with Gasteiger partial charge in [-0.1, -0.05) is 18.2 Å². The Kier molecular flexibility index (Phi) is 7.32. The van der Waals surface area contributed by atoms with E-state index in [1.54, 1.807) is 39.0 Å². The largest absolute Gasteiger partial charge is 0.462 e. The molecule has 0 saturated carbocycles. The first-order valence-electron chi connectivity index (χ1n) is 7.17. The summed E-state index contributed by atoms with van der Waals surface area (Å²) in [6.07, 6.45) is 1.05. The maximum absolute atomic E-state index is 12.0. The summed E-state index contributed by atoms with van der Waals surface area (Å²) < 4.78 is 9.54. The van der Waals surface area contributed by atoms with Gasteiger partial charge in [-0.25, -0.2) is 9.59 Å². The Hall–Kier alpha value is -2.83. The average Bonchev–Trinajstić information content (AvgIpc) is 2.52. The first-order chi connectivity index (χ1) is 11.0. The van der Waals surface area contributed by atoms with Crippen molar-refractivity contribution in [3.8, 4) is 0 Å². The number of nitrogens with one attached hydrogen (secondary N) is 2. The monoisotopic (exact) mass is 320 g/mol. The lowest BCUT2D eigenvalue weighted by molar-refractivity contribution is -0.146. The maximum Gasteiger partial charge on any atom is 0.347 e. The molecule has 0 aromatic heterocycles. The zero-order valence-corrected chi connectivity index (χ0v) is 13.3. The molecule has 0 aliphatic rings. The van der Waals surface area contributed by atoms with Gasteiger partial charge in [0.1, 0.15) is 0 Å². The second kappa shape index (κ2) is 9.24. The van der Waals surface area contributed by atoms with Crippen molar-refractivity contribution in [2.75, 3.05) is 13.2 Å². The fourth-order valence-corrected chi connectivity index (χ4v) is 1.69. The van der Waals surface area contributed by atoms with Crippen molar-refractivity contribution in [1.82, 2.24) is 10.9 Å². The lowest BCUT2D eigenvalue weighted by atomic mass is 10.1. The minimum Gasteiger partial charge on any atom is -0.462 e. The summed E-state index contributed by atoms with van der Waals surface area (Å²) in [5.41, 5.74) is 5.75. The molecule has 0 radical (unpaired) electrons. The number of hydrazine groups is 1. The van der Waals surface area contributed by atoms with E-state index in [2.05, 4.69) is 10.9 Å². The van der Waals surface area contributed by atoms with Crippen LogP contribution < -0.4 is 10.9 Å². The Morgan fingerprint density at radius 3 is 2.13 bits per heavy atom. The van der Waals surface area contributed by atoms with Gasteiger partial charge in [-0.2, -0.15) is 0 Å². The van der Waals surface area contributed by atoms with Crippen LogP contribution in [-0.4, -0.2) is 31.1 Å². The van der Waals surface area contributed by atoms with Crippen LogP contribution in [0, 0.1) is 6.92 Å². The number of esters is 2. The second-order valence-corrected chi connectivity index (χ2v) is 4.41. The van der Waals surface area contributed by atoms with E-state index in [9.17, 15) is 14.4 Å². The Bertz CT molecular complexity index is 590. The van der Waals surface area contributed by atoms with E-state index in [0.717, 1.165) is 11.8 Å². The van der Waals surface area contributed by atoms with Crippen LogP contribution in [0.15, 0.2) is 36.0 Å². The van der Waals surface area contributed by atoms with Gasteiger partial charge in [0.2, 0.25) is 0 Å². The number of rotatable bonds is 7. The summed E-state index contributed by atoms with van der Waals surface area (Å²) >= 11 is 0. The van der Waals surface area contributed by atoms with E-state index in [-0.39, 0.29) is 18.8 Å². The molecule has 7 nitrogen and oxygen atoms in total. The second-order valence-electron chi connectivity index (χ2n) is 4.41. The molecule has 124 valence electrons. The molecule has 0 bridgehead atoms. The molecule has 23 heavy (non-hydrogen) atoms. The highest BCUT2D eigenvalue weighted by atomic mass is 16.6. The minimum atomic E-state index is -0.830. The molecule has 0 spiro atoms. The number of hydrogen-bond acceptors (Lipinski definition) is 6. The number of hydrogen-bond donors (Lipinski definition) is 2. The fraction of sp³-hybridized carbons (Fsp3) is 0.312. The fourth-order valence-electron chi connectivity index (χ4n) is 1.69. The van der Waals surface area contributed by atoms with Crippen molar-refractivity contribution in [3.05, 3.63) is 47.2 Å². The van der Waals surface area contributed by atoms with E-state index in [1.165, 1.54) is 0 Å². The molecule has 0 unspecified atom stereocenters. The van der Waals surface area contributed by atoms with Crippen LogP contribution in [0.25, 0.3) is 0 Å². The normalized spacial score (nSPS) is 9.52. The zero-order valence-electron chi connectivity index (χ0n) is 13.3. The van der Waals surface area contributed by atoms with Gasteiger partial charge in [0.15, 0.2) is 5.57 Å². The van der Waals surface area contributed by atoms with Gasteiger partial charge in [0.25, 0.3) is 5.91 Å². The molecule has 0 heterocycles. The van der Waals surface area contributed by atoms with Crippen molar-refractivity contribution in [1.29, 1.82) is 0 Å². The number of aryl methyl sites for hydroxylation is 1.